The summed E-state index contributed by atoms with van der Waals surface area (Å²) in [5.41, 5.74) is 1.35. The minimum Gasteiger partial charge on any atom is -0.388 e. The van der Waals surface area contributed by atoms with E-state index >= 15 is 0 Å². The lowest BCUT2D eigenvalue weighted by molar-refractivity contribution is -0.341. The van der Waals surface area contributed by atoms with E-state index in [2.05, 4.69) is 24.2 Å². The van der Waals surface area contributed by atoms with Gasteiger partial charge in [0, 0.05) is 17.4 Å². The first-order valence-corrected chi connectivity index (χ1v) is 12.6. The predicted octanol–water partition coefficient (Wildman–Crippen LogP) is 3.23. The van der Waals surface area contributed by atoms with Crippen LogP contribution in [0.5, 0.6) is 0 Å². The molecule has 1 aromatic carbocycles. The fourth-order valence-electron chi connectivity index (χ4n) is 6.89. The highest BCUT2D eigenvalue weighted by Gasteiger charge is 2.73. The minimum absolute atomic E-state index is 0.0322. The Hall–Kier alpha value is -2.17. The maximum atomic E-state index is 12.0. The van der Waals surface area contributed by atoms with Crippen LogP contribution in [0, 0.1) is 23.7 Å². The second-order valence-corrected chi connectivity index (χ2v) is 10.8. The zero-order chi connectivity index (χ0) is 24.5. The molecule has 0 unspecified atom stereocenters. The van der Waals surface area contributed by atoms with Gasteiger partial charge in [0.15, 0.2) is 24.2 Å². The van der Waals surface area contributed by atoms with E-state index in [0.717, 1.165) is 12.8 Å². The summed E-state index contributed by atoms with van der Waals surface area (Å²) in [5, 5.41) is 19.2. The van der Waals surface area contributed by atoms with Crippen molar-refractivity contribution in [2.24, 2.45) is 23.7 Å². The summed E-state index contributed by atoms with van der Waals surface area (Å²) in [7, 11) is 0. The second-order valence-electron chi connectivity index (χ2n) is 10.8. The number of ketones is 1. The van der Waals surface area contributed by atoms with Gasteiger partial charge in [-0.3, -0.25) is 4.79 Å². The molecule has 3 aliphatic heterocycles. The van der Waals surface area contributed by atoms with Gasteiger partial charge in [0.1, 0.15) is 17.4 Å². The van der Waals surface area contributed by atoms with Crippen molar-refractivity contribution >= 4 is 5.78 Å². The number of para-hydroxylation sites is 1. The molecule has 3 saturated heterocycles. The van der Waals surface area contributed by atoms with E-state index in [1.54, 1.807) is 16.9 Å². The Labute approximate surface area is 204 Å². The molecule has 9 nitrogen and oxygen atoms in total. The molecule has 2 bridgehead atoms. The number of aliphatic hydroxyl groups excluding tert-OH is 1. The maximum Gasteiger partial charge on any atom is 0.195 e. The third-order valence-electron chi connectivity index (χ3n) is 8.74. The Morgan fingerprint density at radius 3 is 2.86 bits per heavy atom. The average molecular weight is 484 g/mol. The normalized spacial score (nSPS) is 42.0. The third kappa shape index (κ3) is 3.43. The largest absolute Gasteiger partial charge is 0.388 e. The summed E-state index contributed by atoms with van der Waals surface area (Å²) < 4.78 is 27.1. The van der Waals surface area contributed by atoms with E-state index in [1.807, 2.05) is 25.1 Å². The van der Waals surface area contributed by atoms with Gasteiger partial charge in [0.2, 0.25) is 0 Å². The lowest BCUT2D eigenvalue weighted by Crippen LogP contribution is -2.67. The monoisotopic (exact) mass is 483 g/mol. The van der Waals surface area contributed by atoms with Crippen molar-refractivity contribution in [3.63, 3.8) is 0 Å². The van der Waals surface area contributed by atoms with Crippen LogP contribution in [0.2, 0.25) is 0 Å². The van der Waals surface area contributed by atoms with Crippen molar-refractivity contribution in [1.82, 2.24) is 15.0 Å². The molecule has 0 amide bonds. The molecular weight excluding hydrogens is 450 g/mol. The minimum atomic E-state index is -1.06. The Bertz CT molecular complexity index is 1140. The summed E-state index contributed by atoms with van der Waals surface area (Å²) in [4.78, 5) is 12.0. The van der Waals surface area contributed by atoms with E-state index in [0.29, 0.717) is 29.3 Å². The number of ether oxygens (including phenoxy) is 4. The number of hydrogen-bond acceptors (Lipinski definition) is 8. The number of carbonyl (C=O) groups is 1. The van der Waals surface area contributed by atoms with Gasteiger partial charge >= 0.3 is 0 Å². The first-order chi connectivity index (χ1) is 16.7. The van der Waals surface area contributed by atoms with Gasteiger partial charge in [-0.25, -0.2) is 4.68 Å². The fraction of sp³-hybridized carbons (Fsp3) is 0.654. The number of fused-ring (bicyclic) bond motifs is 1. The zero-order valence-corrected chi connectivity index (χ0v) is 20.6. The number of benzene rings is 1. The van der Waals surface area contributed by atoms with Crippen LogP contribution in [0.1, 0.15) is 63.0 Å². The van der Waals surface area contributed by atoms with Crippen LogP contribution in [0.25, 0.3) is 5.69 Å². The second kappa shape index (κ2) is 8.18. The van der Waals surface area contributed by atoms with Gasteiger partial charge in [-0.15, -0.1) is 5.10 Å². The lowest BCUT2D eigenvalue weighted by Gasteiger charge is -2.58. The number of nitrogens with zero attached hydrogens (tertiary/aromatic N) is 3. The quantitative estimate of drug-likeness (QED) is 0.647. The molecule has 188 valence electrons. The molecule has 6 rings (SSSR count). The zero-order valence-electron chi connectivity index (χ0n) is 20.6. The van der Waals surface area contributed by atoms with Crippen LogP contribution in [0.15, 0.2) is 30.5 Å². The van der Waals surface area contributed by atoms with Gasteiger partial charge in [0.05, 0.1) is 18.5 Å². The third-order valence-corrected chi connectivity index (χ3v) is 8.74. The van der Waals surface area contributed by atoms with Gasteiger partial charge in [-0.05, 0) is 57.1 Å². The average Bonchev–Trinajstić information content (AvgIpc) is 3.40. The molecule has 1 N–H and O–H groups in total. The topological polar surface area (TPSA) is 105 Å². The molecule has 9 heteroatoms. The van der Waals surface area contributed by atoms with Crippen molar-refractivity contribution in [3.8, 4) is 5.69 Å². The number of aromatic nitrogens is 3. The van der Waals surface area contributed by atoms with Crippen molar-refractivity contribution in [2.75, 3.05) is 0 Å². The van der Waals surface area contributed by atoms with Crippen LogP contribution in [-0.2, 0) is 25.6 Å². The first-order valence-electron chi connectivity index (χ1n) is 12.6. The maximum absolute atomic E-state index is 12.0. The number of Topliss-reactive ketones (excluding diaryl/α,β-unsaturated/α-hetero) is 1. The van der Waals surface area contributed by atoms with E-state index in [1.165, 1.54) is 6.92 Å². The molecule has 1 aliphatic carbocycles. The molecule has 4 fully saturated rings. The molecule has 4 aliphatic rings. The Morgan fingerprint density at radius 2 is 2.06 bits per heavy atom. The highest BCUT2D eigenvalue weighted by atomic mass is 16.9. The summed E-state index contributed by atoms with van der Waals surface area (Å²) in [6.45, 7) is 7.96. The molecule has 1 spiro atoms. The standard InChI is InChI=1S/C26H33N3O6/c1-14-9-10-19-15(2)23(33-24-26(19)20(14)11-22(31)25(4,34-24)35-26)32-13-17-12-29(28-27-17)21-8-6-5-7-18(21)16(3)30/h5-8,12,14-15,19-20,22-24,31H,9-11,13H2,1-4H3/t14-,15-,19+,20+,22-,23+,24-,25+,26+/m1/s1. The van der Waals surface area contributed by atoms with Crippen molar-refractivity contribution in [2.45, 2.75) is 83.6 Å². The molecule has 1 saturated carbocycles. The van der Waals surface area contributed by atoms with Crippen LogP contribution < -0.4 is 0 Å². The Balaban J connectivity index is 1.21. The van der Waals surface area contributed by atoms with Crippen molar-refractivity contribution in [1.29, 1.82) is 0 Å². The van der Waals surface area contributed by atoms with Crippen LogP contribution in [-0.4, -0.2) is 56.0 Å². The number of carbonyl (C=O) groups excluding carboxylic acids is 1. The summed E-state index contributed by atoms with van der Waals surface area (Å²) in [6, 6.07) is 7.31. The number of rotatable bonds is 5. The van der Waals surface area contributed by atoms with Crippen molar-refractivity contribution < 1.29 is 28.8 Å². The van der Waals surface area contributed by atoms with Gasteiger partial charge in [0.25, 0.3) is 0 Å². The molecule has 1 aromatic heterocycles. The molecule has 2 aromatic rings. The highest BCUT2D eigenvalue weighted by Crippen LogP contribution is 2.63. The number of hydrogen-bond donors (Lipinski definition) is 1. The molecule has 9 atom stereocenters. The van der Waals surface area contributed by atoms with E-state index < -0.39 is 30.1 Å². The molecule has 35 heavy (non-hydrogen) atoms. The highest BCUT2D eigenvalue weighted by molar-refractivity contribution is 5.97. The summed E-state index contributed by atoms with van der Waals surface area (Å²) in [5.74, 6) is -0.193. The predicted molar refractivity (Wildman–Crippen MR) is 123 cm³/mol. The Kier molecular flexibility index (Phi) is 5.43. The van der Waals surface area contributed by atoms with Crippen LogP contribution in [0.3, 0.4) is 0 Å². The van der Waals surface area contributed by atoms with Gasteiger partial charge in [-0.2, -0.15) is 0 Å². The molecule has 4 heterocycles. The summed E-state index contributed by atoms with van der Waals surface area (Å²) in [6.07, 6.45) is 2.76. The molecular formula is C26H33N3O6. The summed E-state index contributed by atoms with van der Waals surface area (Å²) >= 11 is 0. The number of aliphatic hydroxyl groups is 1. The molecule has 0 radical (unpaired) electrons. The van der Waals surface area contributed by atoms with E-state index in [-0.39, 0.29) is 30.1 Å². The smallest absolute Gasteiger partial charge is 0.195 e. The van der Waals surface area contributed by atoms with Gasteiger partial charge in [-0.1, -0.05) is 31.2 Å². The Morgan fingerprint density at radius 1 is 1.26 bits per heavy atom. The van der Waals surface area contributed by atoms with E-state index in [9.17, 15) is 9.90 Å². The van der Waals surface area contributed by atoms with E-state index in [4.69, 9.17) is 18.9 Å². The van der Waals surface area contributed by atoms with Crippen molar-refractivity contribution in [3.05, 3.63) is 41.7 Å². The first kappa shape index (κ1) is 23.2. The van der Waals surface area contributed by atoms with Gasteiger partial charge < -0.3 is 24.1 Å². The van der Waals surface area contributed by atoms with Crippen LogP contribution in [0.4, 0.5) is 0 Å². The lowest BCUT2D eigenvalue weighted by atomic mass is 9.57. The fourth-order valence-corrected chi connectivity index (χ4v) is 6.89. The van der Waals surface area contributed by atoms with Crippen LogP contribution >= 0.6 is 0 Å². The SMILES string of the molecule is CC(=O)c1ccccc1-n1cc(CO[C@H]2O[C@@H]3O[C@@]4(C)O[C@]35[C@@H](CC[C@@H](C)[C@@H]5C[C@H]4O)[C@H]2C)nn1.